The molecule has 3 aromatic carbocycles. The van der Waals surface area contributed by atoms with Gasteiger partial charge in [-0.3, -0.25) is 0 Å². The van der Waals surface area contributed by atoms with Crippen molar-refractivity contribution in [2.75, 3.05) is 5.32 Å². The predicted octanol–water partition coefficient (Wildman–Crippen LogP) is 6.22. The summed E-state index contributed by atoms with van der Waals surface area (Å²) < 4.78 is 0. The molecule has 0 saturated heterocycles. The minimum Gasteiger partial charge on any atom is -0.478 e. The van der Waals surface area contributed by atoms with E-state index in [9.17, 15) is 9.90 Å². The van der Waals surface area contributed by atoms with Crippen LogP contribution in [0, 0.1) is 0 Å². The summed E-state index contributed by atoms with van der Waals surface area (Å²) in [4.78, 5) is 16.1. The number of anilines is 2. The third kappa shape index (κ3) is 3.57. The molecular formula is C25H20N2O2. The maximum Gasteiger partial charge on any atom is 0.339 e. The van der Waals surface area contributed by atoms with Crippen molar-refractivity contribution in [3.8, 4) is 11.1 Å². The Morgan fingerprint density at radius 2 is 1.66 bits per heavy atom. The standard InChI is InChI=1S/C25H20N2O2/c28-25(29)23-14-21(17-6-7-17)15-26-24(23)27-22-11-10-19-12-18(8-9-20(19)13-22)16-4-2-1-3-5-16/h1-5,8-15,17H,6-7H2,(H,26,27)(H,28,29). The molecule has 0 spiro atoms. The Morgan fingerprint density at radius 3 is 2.41 bits per heavy atom. The fraction of sp³-hybridized carbons (Fsp3) is 0.120. The van der Waals surface area contributed by atoms with Gasteiger partial charge in [0.25, 0.3) is 0 Å². The van der Waals surface area contributed by atoms with Crippen molar-refractivity contribution in [3.05, 3.63) is 90.1 Å². The zero-order chi connectivity index (χ0) is 19.8. The largest absolute Gasteiger partial charge is 0.478 e. The molecule has 4 aromatic rings. The molecule has 1 aliphatic rings. The minimum atomic E-state index is -0.962. The third-order valence-electron chi connectivity index (χ3n) is 5.40. The van der Waals surface area contributed by atoms with Gasteiger partial charge in [0.05, 0.1) is 0 Å². The van der Waals surface area contributed by atoms with Crippen molar-refractivity contribution in [1.82, 2.24) is 4.98 Å². The summed E-state index contributed by atoms with van der Waals surface area (Å²) in [5.41, 5.74) is 4.40. The van der Waals surface area contributed by atoms with Crippen LogP contribution in [0.4, 0.5) is 11.5 Å². The highest BCUT2D eigenvalue weighted by atomic mass is 16.4. The van der Waals surface area contributed by atoms with E-state index < -0.39 is 5.97 Å². The van der Waals surface area contributed by atoms with Gasteiger partial charge < -0.3 is 10.4 Å². The summed E-state index contributed by atoms with van der Waals surface area (Å²) in [6.45, 7) is 0. The molecule has 0 amide bonds. The van der Waals surface area contributed by atoms with Crippen LogP contribution in [0.25, 0.3) is 21.9 Å². The fourth-order valence-electron chi connectivity index (χ4n) is 3.65. The first-order valence-corrected chi connectivity index (χ1v) is 9.77. The van der Waals surface area contributed by atoms with Crippen LogP contribution in [-0.2, 0) is 0 Å². The third-order valence-corrected chi connectivity index (χ3v) is 5.40. The van der Waals surface area contributed by atoms with Gasteiger partial charge in [-0.2, -0.15) is 0 Å². The van der Waals surface area contributed by atoms with Gasteiger partial charge in [-0.05, 0) is 70.5 Å². The molecule has 1 aromatic heterocycles. The van der Waals surface area contributed by atoms with Gasteiger partial charge in [-0.1, -0.05) is 48.5 Å². The Balaban J connectivity index is 1.46. The average Bonchev–Trinajstić information content (AvgIpc) is 3.59. The Labute approximate surface area is 168 Å². The quantitative estimate of drug-likeness (QED) is 0.431. The summed E-state index contributed by atoms with van der Waals surface area (Å²) in [5, 5.41) is 15.0. The zero-order valence-electron chi connectivity index (χ0n) is 15.8. The Hall–Kier alpha value is -3.66. The number of pyridine rings is 1. The number of rotatable bonds is 5. The van der Waals surface area contributed by atoms with Gasteiger partial charge in [0.1, 0.15) is 11.4 Å². The van der Waals surface area contributed by atoms with Crippen LogP contribution in [0.1, 0.15) is 34.7 Å². The smallest absolute Gasteiger partial charge is 0.339 e. The topological polar surface area (TPSA) is 62.2 Å². The number of aromatic nitrogens is 1. The molecule has 0 aliphatic heterocycles. The number of hydrogen-bond donors (Lipinski definition) is 2. The molecule has 0 atom stereocenters. The number of benzene rings is 3. The molecule has 5 rings (SSSR count). The average molecular weight is 380 g/mol. The molecule has 1 aliphatic carbocycles. The van der Waals surface area contributed by atoms with E-state index in [1.165, 1.54) is 11.1 Å². The van der Waals surface area contributed by atoms with Gasteiger partial charge in [0.15, 0.2) is 0 Å². The second kappa shape index (κ2) is 7.06. The van der Waals surface area contributed by atoms with E-state index in [4.69, 9.17) is 0 Å². The van der Waals surface area contributed by atoms with E-state index >= 15 is 0 Å². The van der Waals surface area contributed by atoms with Crippen LogP contribution in [-0.4, -0.2) is 16.1 Å². The molecule has 0 radical (unpaired) electrons. The molecule has 1 saturated carbocycles. The first-order valence-electron chi connectivity index (χ1n) is 9.77. The fourth-order valence-corrected chi connectivity index (χ4v) is 3.65. The van der Waals surface area contributed by atoms with Crippen molar-refractivity contribution in [2.24, 2.45) is 0 Å². The van der Waals surface area contributed by atoms with Gasteiger partial charge in [-0.15, -0.1) is 0 Å². The molecule has 0 bridgehead atoms. The number of nitrogens with zero attached hydrogens (tertiary/aromatic N) is 1. The summed E-state index contributed by atoms with van der Waals surface area (Å²) in [7, 11) is 0. The number of aromatic carboxylic acids is 1. The van der Waals surface area contributed by atoms with Crippen LogP contribution in [0.5, 0.6) is 0 Å². The lowest BCUT2D eigenvalue weighted by molar-refractivity contribution is 0.0697. The van der Waals surface area contributed by atoms with Gasteiger partial charge in [0.2, 0.25) is 0 Å². The number of hydrogen-bond acceptors (Lipinski definition) is 3. The van der Waals surface area contributed by atoms with Crippen LogP contribution in [0.3, 0.4) is 0 Å². The molecule has 2 N–H and O–H groups in total. The molecule has 4 heteroatoms. The summed E-state index contributed by atoms with van der Waals surface area (Å²) in [6, 6.07) is 24.4. The van der Waals surface area contributed by atoms with E-state index in [-0.39, 0.29) is 5.56 Å². The number of nitrogens with one attached hydrogen (secondary N) is 1. The van der Waals surface area contributed by atoms with Crippen molar-refractivity contribution < 1.29 is 9.90 Å². The van der Waals surface area contributed by atoms with Crippen molar-refractivity contribution in [2.45, 2.75) is 18.8 Å². The van der Waals surface area contributed by atoms with E-state index in [2.05, 4.69) is 40.6 Å². The van der Waals surface area contributed by atoms with Crippen molar-refractivity contribution in [1.29, 1.82) is 0 Å². The van der Waals surface area contributed by atoms with Gasteiger partial charge in [-0.25, -0.2) is 9.78 Å². The van der Waals surface area contributed by atoms with Gasteiger partial charge >= 0.3 is 5.97 Å². The predicted molar refractivity (Wildman–Crippen MR) is 116 cm³/mol. The highest BCUT2D eigenvalue weighted by molar-refractivity contribution is 5.95. The Bertz CT molecular complexity index is 1210. The normalized spacial score (nSPS) is 13.4. The summed E-state index contributed by atoms with van der Waals surface area (Å²) in [5.74, 6) is -0.118. The molecular weight excluding hydrogens is 360 g/mol. The summed E-state index contributed by atoms with van der Waals surface area (Å²) >= 11 is 0. The molecule has 0 unspecified atom stereocenters. The molecule has 4 nitrogen and oxygen atoms in total. The molecule has 1 heterocycles. The Morgan fingerprint density at radius 1 is 0.897 bits per heavy atom. The maximum absolute atomic E-state index is 11.7. The Kier molecular flexibility index (Phi) is 4.24. The monoisotopic (exact) mass is 380 g/mol. The second-order valence-corrected chi connectivity index (χ2v) is 7.51. The number of carboxylic acid groups (broad SMARTS) is 1. The van der Waals surface area contributed by atoms with Crippen LogP contribution >= 0.6 is 0 Å². The van der Waals surface area contributed by atoms with E-state index in [1.54, 1.807) is 12.3 Å². The number of carbonyl (C=O) groups is 1. The first-order chi connectivity index (χ1) is 14.2. The van der Waals surface area contributed by atoms with E-state index in [0.717, 1.165) is 34.9 Å². The molecule has 29 heavy (non-hydrogen) atoms. The second-order valence-electron chi connectivity index (χ2n) is 7.51. The highest BCUT2D eigenvalue weighted by Crippen LogP contribution is 2.40. The minimum absolute atomic E-state index is 0.217. The lowest BCUT2D eigenvalue weighted by Crippen LogP contribution is -2.06. The number of fused-ring (bicyclic) bond motifs is 1. The lowest BCUT2D eigenvalue weighted by atomic mass is 10.0. The number of carboxylic acids is 1. The van der Waals surface area contributed by atoms with Gasteiger partial charge in [0, 0.05) is 11.9 Å². The van der Waals surface area contributed by atoms with E-state index in [0.29, 0.717) is 11.7 Å². The van der Waals surface area contributed by atoms with E-state index in [1.807, 2.05) is 36.4 Å². The van der Waals surface area contributed by atoms with Crippen LogP contribution in [0.2, 0.25) is 0 Å². The molecule has 142 valence electrons. The molecule has 1 fully saturated rings. The van der Waals surface area contributed by atoms with Crippen molar-refractivity contribution in [3.63, 3.8) is 0 Å². The van der Waals surface area contributed by atoms with Crippen LogP contribution in [0.15, 0.2) is 79.0 Å². The maximum atomic E-state index is 11.7. The zero-order valence-corrected chi connectivity index (χ0v) is 15.8. The van der Waals surface area contributed by atoms with Crippen molar-refractivity contribution >= 4 is 28.2 Å². The van der Waals surface area contributed by atoms with Crippen LogP contribution < -0.4 is 5.32 Å². The SMILES string of the molecule is O=C(O)c1cc(C2CC2)cnc1Nc1ccc2cc(-c3ccccc3)ccc2c1. The summed E-state index contributed by atoms with van der Waals surface area (Å²) in [6.07, 6.45) is 4.02. The first kappa shape index (κ1) is 17.4. The highest BCUT2D eigenvalue weighted by Gasteiger charge is 2.25. The lowest BCUT2D eigenvalue weighted by Gasteiger charge is -2.11.